The van der Waals surface area contributed by atoms with Gasteiger partial charge in [-0.25, -0.2) is 0 Å². The van der Waals surface area contributed by atoms with E-state index in [9.17, 15) is 14.4 Å². The third kappa shape index (κ3) is 4.37. The van der Waals surface area contributed by atoms with Crippen LogP contribution in [0, 0.1) is 0 Å². The van der Waals surface area contributed by atoms with Crippen molar-refractivity contribution in [3.8, 4) is 0 Å². The van der Waals surface area contributed by atoms with Gasteiger partial charge >= 0.3 is 0 Å². The molecule has 1 unspecified atom stereocenters. The van der Waals surface area contributed by atoms with E-state index in [1.165, 1.54) is 18.4 Å². The van der Waals surface area contributed by atoms with E-state index in [-0.39, 0.29) is 24.3 Å². The molecular weight excluding hydrogens is 426 g/mol. The number of hydrogen-bond acceptors (Lipinski definition) is 3. The number of carbonyl (C=O) groups is 3. The quantitative estimate of drug-likeness (QED) is 0.651. The molecule has 0 spiro atoms. The molecule has 1 fully saturated rings. The van der Waals surface area contributed by atoms with Crippen LogP contribution in [0.5, 0.6) is 0 Å². The summed E-state index contributed by atoms with van der Waals surface area (Å²) in [5.41, 5.74) is 3.94. The number of amides is 3. The van der Waals surface area contributed by atoms with Gasteiger partial charge in [0.05, 0.1) is 17.8 Å². The number of para-hydroxylation sites is 1. The Kier molecular flexibility index (Phi) is 6.48. The molecule has 0 radical (unpaired) electrons. The maximum absolute atomic E-state index is 13.6. The SMILES string of the molecule is O=C(NCCC1=CCCCC1)c1ccccc1CN1C(=O)C2CCCN2C(=O)c2ccccc21. The van der Waals surface area contributed by atoms with Crippen LogP contribution in [0.2, 0.25) is 0 Å². The molecule has 5 rings (SSSR count). The molecule has 1 atom stereocenters. The van der Waals surface area contributed by atoms with Crippen molar-refractivity contribution >= 4 is 23.4 Å². The van der Waals surface area contributed by atoms with Gasteiger partial charge in [-0.1, -0.05) is 42.0 Å². The van der Waals surface area contributed by atoms with Crippen molar-refractivity contribution in [1.82, 2.24) is 10.2 Å². The zero-order valence-electron chi connectivity index (χ0n) is 19.5. The zero-order valence-corrected chi connectivity index (χ0v) is 19.5. The van der Waals surface area contributed by atoms with E-state index in [1.807, 2.05) is 42.5 Å². The maximum Gasteiger partial charge on any atom is 0.256 e. The van der Waals surface area contributed by atoms with E-state index < -0.39 is 6.04 Å². The number of nitrogens with one attached hydrogen (secondary N) is 1. The molecule has 1 saturated heterocycles. The summed E-state index contributed by atoms with van der Waals surface area (Å²) in [6, 6.07) is 14.3. The molecule has 0 saturated carbocycles. The molecule has 3 aliphatic rings. The van der Waals surface area contributed by atoms with Crippen LogP contribution in [-0.2, 0) is 11.3 Å². The van der Waals surface area contributed by atoms with Crippen molar-refractivity contribution in [2.24, 2.45) is 0 Å². The Bertz CT molecular complexity index is 1140. The summed E-state index contributed by atoms with van der Waals surface area (Å²) in [5, 5.41) is 3.07. The monoisotopic (exact) mass is 457 g/mol. The van der Waals surface area contributed by atoms with Crippen LogP contribution in [0.15, 0.2) is 60.2 Å². The number of allylic oxidation sites excluding steroid dienone is 1. The minimum atomic E-state index is -0.440. The maximum atomic E-state index is 13.6. The lowest BCUT2D eigenvalue weighted by molar-refractivity contribution is -0.122. The van der Waals surface area contributed by atoms with Crippen LogP contribution < -0.4 is 10.2 Å². The third-order valence-corrected chi connectivity index (χ3v) is 7.20. The minimum absolute atomic E-state index is 0.0738. The van der Waals surface area contributed by atoms with Gasteiger partial charge in [0.2, 0.25) is 5.91 Å². The fourth-order valence-corrected chi connectivity index (χ4v) is 5.39. The fraction of sp³-hybridized carbons (Fsp3) is 0.393. The van der Waals surface area contributed by atoms with Crippen molar-refractivity contribution in [3.63, 3.8) is 0 Å². The minimum Gasteiger partial charge on any atom is -0.352 e. The Balaban J connectivity index is 1.38. The standard InChI is InChI=1S/C28H31N3O3/c32-26(29-17-16-20-9-2-1-3-10-20)22-12-5-4-11-21(22)19-31-24-14-7-6-13-23(24)27(33)30-18-8-15-25(30)28(31)34/h4-7,9,11-14,25H,1-3,8,10,15-19H2,(H,29,32). The number of hydrogen-bond donors (Lipinski definition) is 1. The molecule has 0 aromatic heterocycles. The van der Waals surface area contributed by atoms with Crippen LogP contribution in [-0.4, -0.2) is 41.8 Å². The lowest BCUT2D eigenvalue weighted by atomic mass is 9.97. The second kappa shape index (κ2) is 9.84. The van der Waals surface area contributed by atoms with Gasteiger partial charge in [-0.15, -0.1) is 0 Å². The Hall–Kier alpha value is -3.41. The highest BCUT2D eigenvalue weighted by Gasteiger charge is 2.42. The molecule has 6 heteroatoms. The number of rotatable bonds is 6. The molecule has 3 amide bonds. The van der Waals surface area contributed by atoms with Crippen LogP contribution in [0.3, 0.4) is 0 Å². The predicted molar refractivity (Wildman–Crippen MR) is 132 cm³/mol. The molecule has 2 aromatic rings. The van der Waals surface area contributed by atoms with E-state index in [2.05, 4.69) is 11.4 Å². The first-order valence-corrected chi connectivity index (χ1v) is 12.4. The lowest BCUT2D eigenvalue weighted by Crippen LogP contribution is -2.44. The first-order valence-electron chi connectivity index (χ1n) is 12.4. The van der Waals surface area contributed by atoms with Gasteiger partial charge in [-0.3, -0.25) is 14.4 Å². The van der Waals surface area contributed by atoms with Crippen LogP contribution >= 0.6 is 0 Å². The number of benzene rings is 2. The van der Waals surface area contributed by atoms with E-state index in [1.54, 1.807) is 15.9 Å². The molecule has 1 aliphatic carbocycles. The summed E-state index contributed by atoms with van der Waals surface area (Å²) in [6.45, 7) is 1.46. The van der Waals surface area contributed by atoms with Crippen LogP contribution in [0.1, 0.15) is 71.2 Å². The van der Waals surface area contributed by atoms with E-state index in [4.69, 9.17) is 0 Å². The van der Waals surface area contributed by atoms with Crippen LogP contribution in [0.25, 0.3) is 0 Å². The highest BCUT2D eigenvalue weighted by Crippen LogP contribution is 2.33. The number of nitrogens with zero attached hydrogens (tertiary/aromatic N) is 2. The zero-order chi connectivity index (χ0) is 23.5. The number of anilines is 1. The summed E-state index contributed by atoms with van der Waals surface area (Å²) in [4.78, 5) is 43.2. The Morgan fingerprint density at radius 1 is 1.00 bits per heavy atom. The van der Waals surface area contributed by atoms with Crippen molar-refractivity contribution in [1.29, 1.82) is 0 Å². The largest absolute Gasteiger partial charge is 0.352 e. The first-order chi connectivity index (χ1) is 16.6. The molecule has 176 valence electrons. The smallest absolute Gasteiger partial charge is 0.256 e. The Morgan fingerprint density at radius 2 is 1.82 bits per heavy atom. The van der Waals surface area contributed by atoms with Crippen molar-refractivity contribution in [3.05, 3.63) is 76.9 Å². The highest BCUT2D eigenvalue weighted by atomic mass is 16.2. The number of fused-ring (bicyclic) bond motifs is 2. The Labute approximate surface area is 200 Å². The van der Waals surface area contributed by atoms with Gasteiger partial charge in [0.25, 0.3) is 11.8 Å². The van der Waals surface area contributed by atoms with Gasteiger partial charge < -0.3 is 15.1 Å². The normalized spacial score (nSPS) is 19.9. The molecule has 2 heterocycles. The molecular formula is C28H31N3O3. The molecule has 0 bridgehead atoms. The van der Waals surface area contributed by atoms with Gasteiger partial charge in [0, 0.05) is 18.7 Å². The summed E-state index contributed by atoms with van der Waals surface area (Å²) >= 11 is 0. The second-order valence-electron chi connectivity index (χ2n) is 9.37. The van der Waals surface area contributed by atoms with E-state index >= 15 is 0 Å². The van der Waals surface area contributed by atoms with Gasteiger partial charge in [0.15, 0.2) is 0 Å². The van der Waals surface area contributed by atoms with Gasteiger partial charge in [0.1, 0.15) is 6.04 Å². The summed E-state index contributed by atoms with van der Waals surface area (Å²) in [5.74, 6) is -0.284. The Morgan fingerprint density at radius 3 is 2.68 bits per heavy atom. The molecule has 2 aliphatic heterocycles. The summed E-state index contributed by atoms with van der Waals surface area (Å²) < 4.78 is 0. The lowest BCUT2D eigenvalue weighted by Gasteiger charge is -2.26. The molecule has 2 aromatic carbocycles. The predicted octanol–water partition coefficient (Wildman–Crippen LogP) is 4.46. The third-order valence-electron chi connectivity index (χ3n) is 7.20. The fourth-order valence-electron chi connectivity index (χ4n) is 5.39. The topological polar surface area (TPSA) is 69.7 Å². The van der Waals surface area contributed by atoms with Gasteiger partial charge in [-0.2, -0.15) is 0 Å². The van der Waals surface area contributed by atoms with Crippen molar-refractivity contribution in [2.75, 3.05) is 18.0 Å². The van der Waals surface area contributed by atoms with Crippen molar-refractivity contribution < 1.29 is 14.4 Å². The second-order valence-corrected chi connectivity index (χ2v) is 9.37. The van der Waals surface area contributed by atoms with E-state index in [0.29, 0.717) is 36.3 Å². The molecule has 6 nitrogen and oxygen atoms in total. The highest BCUT2D eigenvalue weighted by molar-refractivity contribution is 6.11. The summed E-state index contributed by atoms with van der Waals surface area (Å²) in [6.07, 6.45) is 9.44. The van der Waals surface area contributed by atoms with Gasteiger partial charge in [-0.05, 0) is 68.7 Å². The molecule has 34 heavy (non-hydrogen) atoms. The average molecular weight is 458 g/mol. The average Bonchev–Trinajstić information content (AvgIpc) is 3.35. The number of carbonyl (C=O) groups excluding carboxylic acids is 3. The first kappa shape index (κ1) is 22.4. The molecule has 1 N–H and O–H groups in total. The van der Waals surface area contributed by atoms with E-state index in [0.717, 1.165) is 31.2 Å². The van der Waals surface area contributed by atoms with Crippen molar-refractivity contribution in [2.45, 2.75) is 57.5 Å². The van der Waals surface area contributed by atoms with Crippen LogP contribution in [0.4, 0.5) is 5.69 Å². The summed E-state index contributed by atoms with van der Waals surface area (Å²) in [7, 11) is 0.